The quantitative estimate of drug-likeness (QED) is 0.862. The van der Waals surface area contributed by atoms with Crippen molar-refractivity contribution < 1.29 is 9.59 Å². The second-order valence-electron chi connectivity index (χ2n) is 5.81. The van der Waals surface area contributed by atoms with Crippen molar-refractivity contribution in [2.45, 2.75) is 45.2 Å². The summed E-state index contributed by atoms with van der Waals surface area (Å²) in [6.45, 7) is 3.80. The first-order chi connectivity index (χ1) is 10.6. The minimum Gasteiger partial charge on any atom is -0.352 e. The number of rotatable bonds is 5. The third kappa shape index (κ3) is 5.52. The minimum atomic E-state index is 0. The van der Waals surface area contributed by atoms with E-state index in [0.29, 0.717) is 25.1 Å². The van der Waals surface area contributed by atoms with Gasteiger partial charge in [-0.15, -0.1) is 12.4 Å². The predicted octanol–water partition coefficient (Wildman–Crippen LogP) is 2.09. The van der Waals surface area contributed by atoms with Gasteiger partial charge in [-0.3, -0.25) is 9.59 Å². The van der Waals surface area contributed by atoms with Gasteiger partial charge < -0.3 is 16.0 Å². The highest BCUT2D eigenvalue weighted by Crippen LogP contribution is 2.15. The molecule has 2 amide bonds. The van der Waals surface area contributed by atoms with E-state index in [9.17, 15) is 9.59 Å². The normalized spacial score (nSPS) is 17.3. The summed E-state index contributed by atoms with van der Waals surface area (Å²) in [4.78, 5) is 26.1. The van der Waals surface area contributed by atoms with Crippen LogP contribution in [0.5, 0.6) is 0 Å². The number of amides is 2. The average molecular weight is 340 g/mol. The Morgan fingerprint density at radius 1 is 1.30 bits per heavy atom. The molecule has 1 fully saturated rings. The Labute approximate surface area is 144 Å². The van der Waals surface area contributed by atoms with Crippen molar-refractivity contribution in [3.63, 3.8) is 0 Å². The van der Waals surface area contributed by atoms with Crippen molar-refractivity contribution >= 4 is 24.2 Å². The Morgan fingerprint density at radius 3 is 2.61 bits per heavy atom. The molecule has 1 aromatic rings. The predicted molar refractivity (Wildman–Crippen MR) is 93.6 cm³/mol. The Balaban J connectivity index is 0.00000264. The third-order valence-electron chi connectivity index (χ3n) is 3.99. The lowest BCUT2D eigenvalue weighted by Gasteiger charge is -2.33. The van der Waals surface area contributed by atoms with E-state index in [-0.39, 0.29) is 30.3 Å². The number of carbonyl (C=O) groups excluding carboxylic acids is 2. The maximum atomic E-state index is 12.5. The Bertz CT molecular complexity index is 519. The molecule has 0 saturated carbocycles. The number of hydrogen-bond acceptors (Lipinski definition) is 3. The summed E-state index contributed by atoms with van der Waals surface area (Å²) >= 11 is 0. The number of likely N-dealkylation sites (tertiary alicyclic amines) is 1. The van der Waals surface area contributed by atoms with Gasteiger partial charge >= 0.3 is 0 Å². The van der Waals surface area contributed by atoms with Gasteiger partial charge in [-0.2, -0.15) is 0 Å². The molecular formula is C17H26ClN3O2. The minimum absolute atomic E-state index is 0. The van der Waals surface area contributed by atoms with Crippen LogP contribution < -0.4 is 11.1 Å². The van der Waals surface area contributed by atoms with Crippen LogP contribution >= 0.6 is 12.4 Å². The Hall–Kier alpha value is -1.59. The number of hydrogen-bond donors (Lipinski definition) is 2. The van der Waals surface area contributed by atoms with E-state index in [2.05, 4.69) is 5.32 Å². The molecule has 128 valence electrons. The summed E-state index contributed by atoms with van der Waals surface area (Å²) in [7, 11) is 0. The van der Waals surface area contributed by atoms with Gasteiger partial charge in [0.2, 0.25) is 5.91 Å². The number of halogens is 1. The zero-order valence-corrected chi connectivity index (χ0v) is 14.4. The van der Waals surface area contributed by atoms with E-state index in [1.807, 2.05) is 36.1 Å². The second kappa shape index (κ2) is 9.53. The van der Waals surface area contributed by atoms with Crippen LogP contribution in [0.3, 0.4) is 0 Å². The third-order valence-corrected chi connectivity index (χ3v) is 3.99. The van der Waals surface area contributed by atoms with E-state index in [1.54, 1.807) is 0 Å². The number of nitrogens with one attached hydrogen (secondary N) is 1. The van der Waals surface area contributed by atoms with E-state index in [0.717, 1.165) is 31.4 Å². The monoisotopic (exact) mass is 339 g/mol. The summed E-state index contributed by atoms with van der Waals surface area (Å²) in [6.07, 6.45) is 3.24. The largest absolute Gasteiger partial charge is 0.352 e. The molecule has 2 rings (SSSR count). The van der Waals surface area contributed by atoms with Crippen LogP contribution in [0.15, 0.2) is 24.3 Å². The van der Waals surface area contributed by atoms with Gasteiger partial charge in [-0.1, -0.05) is 19.1 Å². The molecule has 23 heavy (non-hydrogen) atoms. The molecular weight excluding hydrogens is 314 g/mol. The number of nitrogens with zero attached hydrogens (tertiary/aromatic N) is 1. The number of nitrogens with two attached hydrogens (primary N) is 1. The molecule has 6 heteroatoms. The molecule has 0 radical (unpaired) electrons. The second-order valence-corrected chi connectivity index (χ2v) is 5.81. The fourth-order valence-electron chi connectivity index (χ4n) is 2.77. The SMILES string of the molecule is CCCC(=O)NC1CCCN(C(=O)c2ccc(CN)cc2)C1.Cl. The standard InChI is InChI=1S/C17H25N3O2.ClH/c1-2-4-16(21)19-15-5-3-10-20(12-15)17(22)14-8-6-13(11-18)7-9-14;/h6-9,15H,2-5,10-12,18H2,1H3,(H,19,21);1H. The molecule has 0 spiro atoms. The zero-order chi connectivity index (χ0) is 15.9. The fraction of sp³-hybridized carbons (Fsp3) is 0.529. The number of benzene rings is 1. The summed E-state index contributed by atoms with van der Waals surface area (Å²) in [5.74, 6) is 0.104. The van der Waals surface area contributed by atoms with Crippen molar-refractivity contribution in [2.24, 2.45) is 5.73 Å². The van der Waals surface area contributed by atoms with Crippen LogP contribution in [0.2, 0.25) is 0 Å². The molecule has 1 heterocycles. The summed E-state index contributed by atoms with van der Waals surface area (Å²) in [5.41, 5.74) is 7.26. The van der Waals surface area contributed by atoms with Crippen LogP contribution in [0.1, 0.15) is 48.5 Å². The van der Waals surface area contributed by atoms with Gasteiger partial charge in [0, 0.05) is 37.7 Å². The molecule has 1 unspecified atom stereocenters. The van der Waals surface area contributed by atoms with Gasteiger partial charge in [0.15, 0.2) is 0 Å². The van der Waals surface area contributed by atoms with Crippen LogP contribution in [0.25, 0.3) is 0 Å². The molecule has 1 aromatic carbocycles. The van der Waals surface area contributed by atoms with E-state index < -0.39 is 0 Å². The van der Waals surface area contributed by atoms with Crippen LogP contribution in [0, 0.1) is 0 Å². The Kier molecular flexibility index (Phi) is 8.06. The maximum Gasteiger partial charge on any atom is 0.253 e. The van der Waals surface area contributed by atoms with Gasteiger partial charge in [0.05, 0.1) is 0 Å². The molecule has 3 N–H and O–H groups in total. The van der Waals surface area contributed by atoms with Gasteiger partial charge in [-0.05, 0) is 37.0 Å². The molecule has 1 saturated heterocycles. The summed E-state index contributed by atoms with van der Waals surface area (Å²) in [5, 5.41) is 3.02. The smallest absolute Gasteiger partial charge is 0.253 e. The van der Waals surface area contributed by atoms with Crippen molar-refractivity contribution in [1.29, 1.82) is 0 Å². The molecule has 1 atom stereocenters. The van der Waals surface area contributed by atoms with Gasteiger partial charge in [0.1, 0.15) is 0 Å². The fourth-order valence-corrected chi connectivity index (χ4v) is 2.77. The molecule has 1 aliphatic rings. The first-order valence-corrected chi connectivity index (χ1v) is 8.01. The highest BCUT2D eigenvalue weighted by Gasteiger charge is 2.25. The van der Waals surface area contributed by atoms with Gasteiger partial charge in [0.25, 0.3) is 5.91 Å². The maximum absolute atomic E-state index is 12.5. The molecule has 0 aromatic heterocycles. The average Bonchev–Trinajstić information content (AvgIpc) is 2.54. The lowest BCUT2D eigenvalue weighted by Crippen LogP contribution is -2.49. The Morgan fingerprint density at radius 2 is 2.00 bits per heavy atom. The van der Waals surface area contributed by atoms with E-state index in [4.69, 9.17) is 5.73 Å². The zero-order valence-electron chi connectivity index (χ0n) is 13.6. The van der Waals surface area contributed by atoms with Crippen LogP contribution in [-0.4, -0.2) is 35.8 Å². The van der Waals surface area contributed by atoms with Crippen LogP contribution in [0.4, 0.5) is 0 Å². The van der Waals surface area contributed by atoms with Gasteiger partial charge in [-0.25, -0.2) is 0 Å². The lowest BCUT2D eigenvalue weighted by molar-refractivity contribution is -0.122. The summed E-state index contributed by atoms with van der Waals surface area (Å²) in [6, 6.07) is 7.49. The number of carbonyl (C=O) groups is 2. The molecule has 0 aliphatic carbocycles. The lowest BCUT2D eigenvalue weighted by atomic mass is 10.0. The van der Waals surface area contributed by atoms with Crippen LogP contribution in [-0.2, 0) is 11.3 Å². The number of piperidine rings is 1. The summed E-state index contributed by atoms with van der Waals surface area (Å²) < 4.78 is 0. The first kappa shape index (κ1) is 19.5. The highest BCUT2D eigenvalue weighted by molar-refractivity contribution is 5.94. The first-order valence-electron chi connectivity index (χ1n) is 8.01. The van der Waals surface area contributed by atoms with Crippen molar-refractivity contribution in [1.82, 2.24) is 10.2 Å². The van der Waals surface area contributed by atoms with E-state index >= 15 is 0 Å². The molecule has 5 nitrogen and oxygen atoms in total. The topological polar surface area (TPSA) is 75.4 Å². The highest BCUT2D eigenvalue weighted by atomic mass is 35.5. The molecule has 1 aliphatic heterocycles. The van der Waals surface area contributed by atoms with Crippen molar-refractivity contribution in [2.75, 3.05) is 13.1 Å². The molecule has 0 bridgehead atoms. The van der Waals surface area contributed by atoms with Crippen molar-refractivity contribution in [3.8, 4) is 0 Å². The van der Waals surface area contributed by atoms with E-state index in [1.165, 1.54) is 0 Å². The van der Waals surface area contributed by atoms with Crippen molar-refractivity contribution in [3.05, 3.63) is 35.4 Å².